The summed E-state index contributed by atoms with van der Waals surface area (Å²) in [6.45, 7) is 7.11. The number of pyridine rings is 1. The molecule has 24 heavy (non-hydrogen) atoms. The van der Waals surface area contributed by atoms with Gasteiger partial charge in [-0.1, -0.05) is 0 Å². The van der Waals surface area contributed by atoms with Crippen LogP contribution < -0.4 is 5.32 Å². The van der Waals surface area contributed by atoms with Crippen LogP contribution in [-0.2, 0) is 20.9 Å². The van der Waals surface area contributed by atoms with Crippen molar-refractivity contribution >= 4 is 23.8 Å². The van der Waals surface area contributed by atoms with Gasteiger partial charge in [0, 0.05) is 24.4 Å². The van der Waals surface area contributed by atoms with Crippen LogP contribution in [0.15, 0.2) is 18.3 Å². The lowest BCUT2D eigenvalue weighted by Crippen LogP contribution is -2.36. The molecule has 0 unspecified atom stereocenters. The van der Waals surface area contributed by atoms with Gasteiger partial charge in [0.2, 0.25) is 5.91 Å². The number of ether oxygens (including phenoxy) is 1. The lowest BCUT2D eigenvalue weighted by Gasteiger charge is -2.19. The molecule has 3 heterocycles. The molecule has 2 aliphatic heterocycles. The third-order valence-corrected chi connectivity index (χ3v) is 4.09. The molecule has 1 atom stereocenters. The first kappa shape index (κ1) is 16.6. The molecule has 0 spiro atoms. The minimum atomic E-state index is -0.511. The molecule has 1 saturated heterocycles. The summed E-state index contributed by atoms with van der Waals surface area (Å²) in [7, 11) is 0. The van der Waals surface area contributed by atoms with Gasteiger partial charge in [-0.15, -0.1) is 0 Å². The molecule has 0 aliphatic carbocycles. The number of rotatable bonds is 2. The Hall–Kier alpha value is -2.21. The largest absolute Gasteiger partial charge is 0.457 e. The SMILES string of the molecule is CC(C)(C)OC(=O)C=Cc1cnc2c(c1)CN1CCC[C@@H]1C(=O)N2. The standard InChI is InChI=1S/C18H23N3O3/c1-18(2,3)24-15(22)7-6-12-9-13-11-21-8-4-5-14(21)17(23)20-16(13)19-10-12/h6-7,9-10,14H,4-5,8,11H2,1-3H3,(H,19,20,23)/t14-/m1/s1. The predicted octanol–water partition coefficient (Wildman–Crippen LogP) is 2.35. The Labute approximate surface area is 141 Å². The molecular weight excluding hydrogens is 306 g/mol. The Morgan fingerprint density at radius 2 is 2.25 bits per heavy atom. The lowest BCUT2D eigenvalue weighted by atomic mass is 10.1. The van der Waals surface area contributed by atoms with Crippen molar-refractivity contribution < 1.29 is 14.3 Å². The Morgan fingerprint density at radius 3 is 3.00 bits per heavy atom. The first-order valence-electron chi connectivity index (χ1n) is 8.27. The van der Waals surface area contributed by atoms with Gasteiger partial charge in [-0.3, -0.25) is 9.69 Å². The normalized spacial score (nSPS) is 21.1. The summed E-state index contributed by atoms with van der Waals surface area (Å²) in [5.74, 6) is 0.255. The van der Waals surface area contributed by atoms with Gasteiger partial charge in [-0.05, 0) is 57.9 Å². The molecule has 1 aromatic rings. The zero-order chi connectivity index (χ0) is 17.3. The minimum Gasteiger partial charge on any atom is -0.457 e. The monoisotopic (exact) mass is 329 g/mol. The number of aromatic nitrogens is 1. The maximum absolute atomic E-state index is 12.2. The summed E-state index contributed by atoms with van der Waals surface area (Å²) in [4.78, 5) is 30.5. The number of hydrogen-bond acceptors (Lipinski definition) is 5. The summed E-state index contributed by atoms with van der Waals surface area (Å²) in [5.41, 5.74) is 1.27. The van der Waals surface area contributed by atoms with Crippen molar-refractivity contribution in [3.8, 4) is 0 Å². The van der Waals surface area contributed by atoms with E-state index in [1.165, 1.54) is 6.08 Å². The van der Waals surface area contributed by atoms with Crippen LogP contribution in [0.2, 0.25) is 0 Å². The molecule has 0 aromatic carbocycles. The maximum atomic E-state index is 12.2. The molecule has 0 saturated carbocycles. The third kappa shape index (κ3) is 3.82. The Balaban J connectivity index is 1.77. The van der Waals surface area contributed by atoms with Gasteiger partial charge in [-0.2, -0.15) is 0 Å². The number of esters is 1. The number of carbonyl (C=O) groups excluding carboxylic acids is 2. The van der Waals surface area contributed by atoms with Crippen molar-refractivity contribution in [2.24, 2.45) is 0 Å². The van der Waals surface area contributed by atoms with Crippen molar-refractivity contribution in [1.82, 2.24) is 9.88 Å². The van der Waals surface area contributed by atoms with E-state index in [1.807, 2.05) is 26.8 Å². The van der Waals surface area contributed by atoms with Gasteiger partial charge in [0.1, 0.15) is 11.4 Å². The van der Waals surface area contributed by atoms with E-state index in [0.717, 1.165) is 30.5 Å². The van der Waals surface area contributed by atoms with Crippen molar-refractivity contribution in [1.29, 1.82) is 0 Å². The zero-order valence-electron chi connectivity index (χ0n) is 14.3. The average molecular weight is 329 g/mol. The molecule has 3 rings (SSSR count). The summed E-state index contributed by atoms with van der Waals surface area (Å²) < 4.78 is 5.25. The number of nitrogens with one attached hydrogen (secondary N) is 1. The average Bonchev–Trinajstić information content (AvgIpc) is 2.89. The highest BCUT2D eigenvalue weighted by Gasteiger charge is 2.34. The topological polar surface area (TPSA) is 71.5 Å². The first-order chi connectivity index (χ1) is 11.3. The number of carbonyl (C=O) groups is 2. The Kier molecular flexibility index (Phi) is 4.41. The number of nitrogens with zero attached hydrogens (tertiary/aromatic N) is 2. The fourth-order valence-corrected chi connectivity index (χ4v) is 3.08. The second kappa shape index (κ2) is 6.36. The van der Waals surface area contributed by atoms with Crippen LogP contribution in [-0.4, -0.2) is 39.9 Å². The van der Waals surface area contributed by atoms with Crippen LogP contribution in [0, 0.1) is 0 Å². The zero-order valence-corrected chi connectivity index (χ0v) is 14.3. The molecule has 1 N–H and O–H groups in total. The van der Waals surface area contributed by atoms with Crippen LogP contribution >= 0.6 is 0 Å². The van der Waals surface area contributed by atoms with Gasteiger partial charge in [0.15, 0.2) is 0 Å². The van der Waals surface area contributed by atoms with E-state index in [4.69, 9.17) is 4.74 Å². The summed E-state index contributed by atoms with van der Waals surface area (Å²) in [5, 5.41) is 2.91. The Bertz CT molecular complexity index is 691. The molecule has 6 heteroatoms. The van der Waals surface area contributed by atoms with Gasteiger partial charge < -0.3 is 10.1 Å². The fourth-order valence-electron chi connectivity index (χ4n) is 3.08. The van der Waals surface area contributed by atoms with E-state index < -0.39 is 5.60 Å². The number of hydrogen-bond donors (Lipinski definition) is 1. The molecule has 0 radical (unpaired) electrons. The number of fused-ring (bicyclic) bond motifs is 2. The van der Waals surface area contributed by atoms with Crippen LogP contribution in [0.3, 0.4) is 0 Å². The summed E-state index contributed by atoms with van der Waals surface area (Å²) in [6, 6.07) is 1.91. The molecule has 0 bridgehead atoms. The predicted molar refractivity (Wildman–Crippen MR) is 91.2 cm³/mol. The van der Waals surface area contributed by atoms with E-state index in [2.05, 4.69) is 15.2 Å². The molecule has 2 aliphatic rings. The third-order valence-electron chi connectivity index (χ3n) is 4.09. The van der Waals surface area contributed by atoms with Gasteiger partial charge in [0.05, 0.1) is 6.04 Å². The van der Waals surface area contributed by atoms with E-state index >= 15 is 0 Å². The fraction of sp³-hybridized carbons (Fsp3) is 0.500. The van der Waals surface area contributed by atoms with Gasteiger partial charge in [-0.25, -0.2) is 9.78 Å². The summed E-state index contributed by atoms with van der Waals surface area (Å²) in [6.07, 6.45) is 6.68. The smallest absolute Gasteiger partial charge is 0.331 e. The highest BCUT2D eigenvalue weighted by molar-refractivity contribution is 5.95. The molecule has 1 amide bonds. The van der Waals surface area contributed by atoms with Crippen molar-refractivity contribution in [2.45, 2.75) is 51.8 Å². The van der Waals surface area contributed by atoms with Crippen molar-refractivity contribution in [3.05, 3.63) is 29.5 Å². The van der Waals surface area contributed by atoms with Gasteiger partial charge in [0.25, 0.3) is 0 Å². The first-order valence-corrected chi connectivity index (χ1v) is 8.27. The molecular formula is C18H23N3O3. The highest BCUT2D eigenvalue weighted by atomic mass is 16.6. The summed E-state index contributed by atoms with van der Waals surface area (Å²) >= 11 is 0. The van der Waals surface area contributed by atoms with E-state index in [0.29, 0.717) is 12.4 Å². The highest BCUT2D eigenvalue weighted by Crippen LogP contribution is 2.28. The van der Waals surface area contributed by atoms with E-state index in [1.54, 1.807) is 12.3 Å². The quantitative estimate of drug-likeness (QED) is 0.666. The second-order valence-corrected chi connectivity index (χ2v) is 7.26. The van der Waals surface area contributed by atoms with E-state index in [9.17, 15) is 9.59 Å². The maximum Gasteiger partial charge on any atom is 0.331 e. The van der Waals surface area contributed by atoms with Crippen molar-refractivity contribution in [2.75, 3.05) is 11.9 Å². The minimum absolute atomic E-state index is 0.0239. The molecule has 6 nitrogen and oxygen atoms in total. The van der Waals surface area contributed by atoms with Crippen LogP contribution in [0.4, 0.5) is 5.82 Å². The molecule has 128 valence electrons. The number of amides is 1. The molecule has 1 fully saturated rings. The second-order valence-electron chi connectivity index (χ2n) is 7.26. The van der Waals surface area contributed by atoms with Crippen LogP contribution in [0.5, 0.6) is 0 Å². The molecule has 1 aromatic heterocycles. The van der Waals surface area contributed by atoms with Crippen LogP contribution in [0.1, 0.15) is 44.7 Å². The van der Waals surface area contributed by atoms with Crippen molar-refractivity contribution in [3.63, 3.8) is 0 Å². The van der Waals surface area contributed by atoms with Crippen LogP contribution in [0.25, 0.3) is 6.08 Å². The number of anilines is 1. The van der Waals surface area contributed by atoms with Gasteiger partial charge >= 0.3 is 5.97 Å². The lowest BCUT2D eigenvalue weighted by molar-refractivity contribution is -0.148. The Morgan fingerprint density at radius 1 is 1.46 bits per heavy atom. The van der Waals surface area contributed by atoms with E-state index in [-0.39, 0.29) is 17.9 Å².